The number of amides is 1. The Labute approximate surface area is 119 Å². The van der Waals surface area contributed by atoms with Gasteiger partial charge in [-0.25, -0.2) is 0 Å². The van der Waals surface area contributed by atoms with Gasteiger partial charge in [0.05, 0.1) is 27.4 Å². The largest absolute Gasteiger partial charge is 0.493 e. The Morgan fingerprint density at radius 2 is 1.75 bits per heavy atom. The molecule has 0 aromatic heterocycles. The molecule has 0 aliphatic rings. The standard InChI is InChI=1S/C14H22N2O4/c1-5-6-10(15)14(17)16-9-7-11(18-2)13(20-4)12(8-9)19-3/h7-8,10H,5-6,15H2,1-4H3,(H,16,17)/t10-/m0/s1. The van der Waals surface area contributed by atoms with E-state index in [1.54, 1.807) is 12.1 Å². The van der Waals surface area contributed by atoms with Crippen molar-refractivity contribution in [3.8, 4) is 17.2 Å². The van der Waals surface area contributed by atoms with E-state index < -0.39 is 6.04 Å². The van der Waals surface area contributed by atoms with Crippen molar-refractivity contribution >= 4 is 11.6 Å². The van der Waals surface area contributed by atoms with Crippen molar-refractivity contribution in [2.24, 2.45) is 5.73 Å². The van der Waals surface area contributed by atoms with Crippen LogP contribution in [0.4, 0.5) is 5.69 Å². The summed E-state index contributed by atoms with van der Waals surface area (Å²) in [7, 11) is 4.56. The van der Waals surface area contributed by atoms with Crippen LogP contribution in [0.3, 0.4) is 0 Å². The van der Waals surface area contributed by atoms with Crippen molar-refractivity contribution in [1.82, 2.24) is 0 Å². The van der Waals surface area contributed by atoms with Crippen molar-refractivity contribution in [3.05, 3.63) is 12.1 Å². The Morgan fingerprint density at radius 3 is 2.15 bits per heavy atom. The highest BCUT2D eigenvalue weighted by Gasteiger charge is 2.17. The highest BCUT2D eigenvalue weighted by Crippen LogP contribution is 2.39. The van der Waals surface area contributed by atoms with Crippen LogP contribution >= 0.6 is 0 Å². The molecule has 0 heterocycles. The van der Waals surface area contributed by atoms with Crippen LogP contribution in [-0.2, 0) is 4.79 Å². The zero-order valence-electron chi connectivity index (χ0n) is 12.4. The van der Waals surface area contributed by atoms with E-state index in [1.807, 2.05) is 6.92 Å². The maximum absolute atomic E-state index is 11.9. The zero-order chi connectivity index (χ0) is 15.1. The number of nitrogens with one attached hydrogen (secondary N) is 1. The minimum Gasteiger partial charge on any atom is -0.493 e. The van der Waals surface area contributed by atoms with Gasteiger partial charge in [-0.1, -0.05) is 13.3 Å². The lowest BCUT2D eigenvalue weighted by molar-refractivity contribution is -0.117. The number of methoxy groups -OCH3 is 3. The number of rotatable bonds is 7. The number of ether oxygens (including phenoxy) is 3. The van der Waals surface area contributed by atoms with Gasteiger partial charge in [0, 0.05) is 17.8 Å². The number of hydrogen-bond donors (Lipinski definition) is 2. The first-order valence-electron chi connectivity index (χ1n) is 6.43. The average molecular weight is 282 g/mol. The third kappa shape index (κ3) is 3.77. The Hall–Kier alpha value is -1.95. The molecule has 20 heavy (non-hydrogen) atoms. The van der Waals surface area contributed by atoms with Crippen molar-refractivity contribution in [2.45, 2.75) is 25.8 Å². The van der Waals surface area contributed by atoms with Crippen LogP contribution in [0.1, 0.15) is 19.8 Å². The summed E-state index contributed by atoms with van der Waals surface area (Å²) >= 11 is 0. The Morgan fingerprint density at radius 1 is 1.20 bits per heavy atom. The maximum atomic E-state index is 11.9. The van der Waals surface area contributed by atoms with Gasteiger partial charge in [-0.2, -0.15) is 0 Å². The number of benzene rings is 1. The first-order chi connectivity index (χ1) is 9.57. The third-order valence-corrected chi connectivity index (χ3v) is 2.87. The fourth-order valence-electron chi connectivity index (χ4n) is 1.83. The molecular formula is C14H22N2O4. The summed E-state index contributed by atoms with van der Waals surface area (Å²) in [6, 6.07) is 2.80. The predicted octanol–water partition coefficient (Wildman–Crippen LogP) is 1.78. The third-order valence-electron chi connectivity index (χ3n) is 2.87. The van der Waals surface area contributed by atoms with Crippen LogP contribution in [0.5, 0.6) is 17.2 Å². The molecule has 6 nitrogen and oxygen atoms in total. The molecule has 0 spiro atoms. The topological polar surface area (TPSA) is 82.8 Å². The maximum Gasteiger partial charge on any atom is 0.241 e. The van der Waals surface area contributed by atoms with Gasteiger partial charge in [-0.3, -0.25) is 4.79 Å². The molecule has 1 aromatic rings. The summed E-state index contributed by atoms with van der Waals surface area (Å²) in [5.74, 6) is 1.20. The van der Waals surface area contributed by atoms with Gasteiger partial charge < -0.3 is 25.3 Å². The van der Waals surface area contributed by atoms with Crippen LogP contribution < -0.4 is 25.3 Å². The summed E-state index contributed by atoms with van der Waals surface area (Å²) in [5, 5.41) is 2.75. The van der Waals surface area contributed by atoms with E-state index in [2.05, 4.69) is 5.32 Å². The molecule has 0 fully saturated rings. The first kappa shape index (κ1) is 16.1. The highest BCUT2D eigenvalue weighted by atomic mass is 16.5. The number of nitrogens with two attached hydrogens (primary N) is 1. The number of hydrogen-bond acceptors (Lipinski definition) is 5. The molecule has 0 unspecified atom stereocenters. The van der Waals surface area contributed by atoms with Crippen LogP contribution in [0.25, 0.3) is 0 Å². The fraction of sp³-hybridized carbons (Fsp3) is 0.500. The molecular weight excluding hydrogens is 260 g/mol. The molecule has 1 amide bonds. The van der Waals surface area contributed by atoms with E-state index in [9.17, 15) is 4.79 Å². The molecule has 1 rings (SSSR count). The monoisotopic (exact) mass is 282 g/mol. The quantitative estimate of drug-likeness (QED) is 0.796. The summed E-state index contributed by atoms with van der Waals surface area (Å²) < 4.78 is 15.7. The molecule has 0 aliphatic heterocycles. The minimum absolute atomic E-state index is 0.235. The SMILES string of the molecule is CCC[C@H](N)C(=O)Nc1cc(OC)c(OC)c(OC)c1. The molecule has 1 atom stereocenters. The summed E-state index contributed by atoms with van der Waals surface area (Å²) in [6.07, 6.45) is 1.49. The van der Waals surface area contributed by atoms with Gasteiger partial charge >= 0.3 is 0 Å². The highest BCUT2D eigenvalue weighted by molar-refractivity contribution is 5.95. The molecule has 3 N–H and O–H groups in total. The molecule has 6 heteroatoms. The lowest BCUT2D eigenvalue weighted by atomic mass is 10.1. The normalized spacial score (nSPS) is 11.7. The van der Waals surface area contributed by atoms with Crippen molar-refractivity contribution < 1.29 is 19.0 Å². The average Bonchev–Trinajstić information content (AvgIpc) is 2.46. The van der Waals surface area contributed by atoms with E-state index in [4.69, 9.17) is 19.9 Å². The van der Waals surface area contributed by atoms with E-state index in [0.717, 1.165) is 6.42 Å². The van der Waals surface area contributed by atoms with Gasteiger partial charge in [-0.05, 0) is 6.42 Å². The predicted molar refractivity (Wildman–Crippen MR) is 77.6 cm³/mol. The summed E-state index contributed by atoms with van der Waals surface area (Å²) in [6.45, 7) is 1.98. The van der Waals surface area contributed by atoms with E-state index >= 15 is 0 Å². The van der Waals surface area contributed by atoms with Crippen LogP contribution in [0.2, 0.25) is 0 Å². The second-order valence-electron chi connectivity index (χ2n) is 4.30. The lowest BCUT2D eigenvalue weighted by Crippen LogP contribution is -2.35. The molecule has 0 saturated heterocycles. The van der Waals surface area contributed by atoms with E-state index in [0.29, 0.717) is 29.4 Å². The van der Waals surface area contributed by atoms with Gasteiger partial charge in [0.1, 0.15) is 0 Å². The van der Waals surface area contributed by atoms with E-state index in [-0.39, 0.29) is 5.91 Å². The van der Waals surface area contributed by atoms with Gasteiger partial charge in [-0.15, -0.1) is 0 Å². The van der Waals surface area contributed by atoms with Crippen LogP contribution in [0, 0.1) is 0 Å². The molecule has 0 aliphatic carbocycles. The molecule has 0 bridgehead atoms. The van der Waals surface area contributed by atoms with Crippen LogP contribution in [0.15, 0.2) is 12.1 Å². The van der Waals surface area contributed by atoms with Crippen molar-refractivity contribution in [2.75, 3.05) is 26.6 Å². The molecule has 112 valence electrons. The number of carbonyl (C=O) groups is 1. The van der Waals surface area contributed by atoms with Gasteiger partial charge in [0.2, 0.25) is 11.7 Å². The Kier molecular flexibility index (Phi) is 6.11. The van der Waals surface area contributed by atoms with E-state index in [1.165, 1.54) is 21.3 Å². The molecule has 0 saturated carbocycles. The second-order valence-corrected chi connectivity index (χ2v) is 4.30. The van der Waals surface area contributed by atoms with Crippen molar-refractivity contribution in [3.63, 3.8) is 0 Å². The molecule has 0 radical (unpaired) electrons. The molecule has 1 aromatic carbocycles. The van der Waals surface area contributed by atoms with Gasteiger partial charge in [0.25, 0.3) is 0 Å². The second kappa shape index (κ2) is 7.59. The first-order valence-corrected chi connectivity index (χ1v) is 6.43. The Balaban J connectivity index is 2.99. The number of carbonyl (C=O) groups excluding carboxylic acids is 1. The summed E-state index contributed by atoms with van der Waals surface area (Å²) in [4.78, 5) is 11.9. The minimum atomic E-state index is -0.529. The van der Waals surface area contributed by atoms with Gasteiger partial charge in [0.15, 0.2) is 11.5 Å². The van der Waals surface area contributed by atoms with Crippen molar-refractivity contribution in [1.29, 1.82) is 0 Å². The van der Waals surface area contributed by atoms with Crippen LogP contribution in [-0.4, -0.2) is 33.3 Å². The number of anilines is 1. The Bertz CT molecular complexity index is 437. The fourth-order valence-corrected chi connectivity index (χ4v) is 1.83. The lowest BCUT2D eigenvalue weighted by Gasteiger charge is -2.16. The summed E-state index contributed by atoms with van der Waals surface area (Å²) in [5.41, 5.74) is 6.33. The zero-order valence-corrected chi connectivity index (χ0v) is 12.4. The smallest absolute Gasteiger partial charge is 0.241 e.